The number of ether oxygens (including phenoxy) is 3. The van der Waals surface area contributed by atoms with Crippen molar-refractivity contribution >= 4 is 6.08 Å². The molecule has 1 aliphatic rings. The molecule has 0 radical (unpaired) electrons. The van der Waals surface area contributed by atoms with Crippen LogP contribution in [0.2, 0.25) is 0 Å². The zero-order valence-corrected chi connectivity index (χ0v) is 20.5. The van der Waals surface area contributed by atoms with E-state index in [1.54, 1.807) is 0 Å². The van der Waals surface area contributed by atoms with Gasteiger partial charge in [0.1, 0.15) is 18.1 Å². The van der Waals surface area contributed by atoms with Gasteiger partial charge in [-0.1, -0.05) is 81.8 Å². The summed E-state index contributed by atoms with van der Waals surface area (Å²) in [6.07, 6.45) is 13.3. The Morgan fingerprint density at radius 1 is 1.03 bits per heavy atom. The van der Waals surface area contributed by atoms with Crippen molar-refractivity contribution in [1.82, 2.24) is 0 Å². The standard InChI is InChI=1S/C30H38O3/c1-5-10-23(4)24-15-18-26(19-16-24)31-21-22-32-30(33-27(11-6-2)12-7-3)29-20-17-25-13-8-9-14-28(25)29/h6,8-9,11-20,23,29-30H,5,7,10,21-22H2,1-4H3. The number of allylic oxidation sites excluding steroid dienone is 3. The Bertz CT molecular complexity index is 939. The van der Waals surface area contributed by atoms with Crippen molar-refractivity contribution in [3.63, 3.8) is 0 Å². The Morgan fingerprint density at radius 2 is 1.82 bits per heavy atom. The van der Waals surface area contributed by atoms with Gasteiger partial charge in [0.2, 0.25) is 6.29 Å². The molecule has 176 valence electrons. The van der Waals surface area contributed by atoms with Crippen LogP contribution in [0, 0.1) is 0 Å². The maximum absolute atomic E-state index is 6.33. The molecule has 3 atom stereocenters. The lowest BCUT2D eigenvalue weighted by Gasteiger charge is -2.26. The van der Waals surface area contributed by atoms with Gasteiger partial charge in [-0.05, 0) is 66.7 Å². The third-order valence-corrected chi connectivity index (χ3v) is 5.92. The Labute approximate surface area is 199 Å². The lowest BCUT2D eigenvalue weighted by atomic mass is 9.97. The number of hydrogen-bond acceptors (Lipinski definition) is 3. The molecule has 0 aromatic heterocycles. The van der Waals surface area contributed by atoms with E-state index in [9.17, 15) is 0 Å². The predicted octanol–water partition coefficient (Wildman–Crippen LogP) is 8.01. The van der Waals surface area contributed by atoms with Gasteiger partial charge in [-0.25, -0.2) is 0 Å². The Kier molecular flexibility index (Phi) is 9.83. The average molecular weight is 447 g/mol. The van der Waals surface area contributed by atoms with Gasteiger partial charge in [0, 0.05) is 0 Å². The summed E-state index contributed by atoms with van der Waals surface area (Å²) in [6.45, 7) is 9.52. The summed E-state index contributed by atoms with van der Waals surface area (Å²) in [5, 5.41) is 0. The second-order valence-corrected chi connectivity index (χ2v) is 8.49. The summed E-state index contributed by atoms with van der Waals surface area (Å²) in [4.78, 5) is 0. The molecular weight excluding hydrogens is 408 g/mol. The van der Waals surface area contributed by atoms with Crippen molar-refractivity contribution in [3.8, 4) is 5.75 Å². The fraction of sp³-hybridized carbons (Fsp3) is 0.400. The molecule has 0 saturated heterocycles. The van der Waals surface area contributed by atoms with Crippen LogP contribution in [0.5, 0.6) is 5.75 Å². The molecule has 3 nitrogen and oxygen atoms in total. The van der Waals surface area contributed by atoms with Gasteiger partial charge >= 0.3 is 0 Å². The third kappa shape index (κ3) is 7.10. The second-order valence-electron chi connectivity index (χ2n) is 8.49. The highest BCUT2D eigenvalue weighted by molar-refractivity contribution is 5.62. The normalized spacial score (nSPS) is 17.2. The maximum atomic E-state index is 6.33. The Hall–Kier alpha value is -2.78. The highest BCUT2D eigenvalue weighted by Gasteiger charge is 2.28. The van der Waals surface area contributed by atoms with Gasteiger partial charge in [-0.2, -0.15) is 0 Å². The minimum absolute atomic E-state index is 0.0473. The van der Waals surface area contributed by atoms with Crippen molar-refractivity contribution in [2.45, 2.75) is 65.1 Å². The molecule has 3 rings (SSSR count). The molecular formula is C30H38O3. The number of fused-ring (bicyclic) bond motifs is 1. The molecule has 2 aromatic rings. The molecule has 1 aliphatic carbocycles. The zero-order valence-electron chi connectivity index (χ0n) is 20.5. The first-order valence-corrected chi connectivity index (χ1v) is 12.3. The molecule has 2 aromatic carbocycles. The average Bonchev–Trinajstić information content (AvgIpc) is 3.26. The molecule has 0 saturated carbocycles. The number of benzene rings is 2. The van der Waals surface area contributed by atoms with Gasteiger partial charge in [-0.3, -0.25) is 0 Å². The minimum atomic E-state index is -0.417. The van der Waals surface area contributed by atoms with Crippen LogP contribution >= 0.6 is 0 Å². The van der Waals surface area contributed by atoms with Gasteiger partial charge in [0.05, 0.1) is 12.5 Å². The summed E-state index contributed by atoms with van der Waals surface area (Å²) in [5.74, 6) is 2.33. The van der Waals surface area contributed by atoms with Gasteiger partial charge < -0.3 is 14.2 Å². The fourth-order valence-electron chi connectivity index (χ4n) is 4.20. The third-order valence-electron chi connectivity index (χ3n) is 5.92. The summed E-state index contributed by atoms with van der Waals surface area (Å²) in [5.41, 5.74) is 3.82. The molecule has 0 heterocycles. The SMILES string of the molecule is CC=CC(=CCC)OC(OCCOc1ccc(C(C)CCC)cc1)C1C=Cc2ccccc21. The van der Waals surface area contributed by atoms with Crippen LogP contribution in [0.25, 0.3) is 6.08 Å². The molecule has 33 heavy (non-hydrogen) atoms. The van der Waals surface area contributed by atoms with E-state index in [2.05, 4.69) is 87.5 Å². The van der Waals surface area contributed by atoms with E-state index < -0.39 is 6.29 Å². The van der Waals surface area contributed by atoms with Crippen LogP contribution in [0.1, 0.15) is 75.5 Å². The van der Waals surface area contributed by atoms with Gasteiger partial charge in [-0.15, -0.1) is 0 Å². The maximum Gasteiger partial charge on any atom is 0.210 e. The summed E-state index contributed by atoms with van der Waals surface area (Å²) < 4.78 is 18.5. The fourth-order valence-corrected chi connectivity index (χ4v) is 4.20. The van der Waals surface area contributed by atoms with Crippen molar-refractivity contribution in [3.05, 3.63) is 95.3 Å². The van der Waals surface area contributed by atoms with Crippen molar-refractivity contribution in [2.75, 3.05) is 13.2 Å². The van der Waals surface area contributed by atoms with E-state index in [1.165, 1.54) is 29.5 Å². The largest absolute Gasteiger partial charge is 0.491 e. The van der Waals surface area contributed by atoms with E-state index in [1.807, 2.05) is 19.1 Å². The summed E-state index contributed by atoms with van der Waals surface area (Å²) >= 11 is 0. The lowest BCUT2D eigenvalue weighted by Crippen LogP contribution is -2.26. The van der Waals surface area contributed by atoms with Crippen molar-refractivity contribution in [2.24, 2.45) is 0 Å². The van der Waals surface area contributed by atoms with Crippen LogP contribution in [-0.4, -0.2) is 19.5 Å². The number of rotatable bonds is 13. The molecule has 0 fully saturated rings. The highest BCUT2D eigenvalue weighted by atomic mass is 16.7. The molecule has 0 aliphatic heterocycles. The van der Waals surface area contributed by atoms with Crippen LogP contribution in [0.3, 0.4) is 0 Å². The van der Waals surface area contributed by atoms with E-state index in [-0.39, 0.29) is 5.92 Å². The van der Waals surface area contributed by atoms with Gasteiger partial charge in [0.25, 0.3) is 0 Å². The van der Waals surface area contributed by atoms with Crippen LogP contribution in [0.4, 0.5) is 0 Å². The molecule has 0 bridgehead atoms. The molecule has 0 spiro atoms. The smallest absolute Gasteiger partial charge is 0.210 e. The molecule has 3 unspecified atom stereocenters. The van der Waals surface area contributed by atoms with E-state index >= 15 is 0 Å². The monoisotopic (exact) mass is 446 g/mol. The molecule has 0 amide bonds. The second kappa shape index (κ2) is 13.1. The Morgan fingerprint density at radius 3 is 2.55 bits per heavy atom. The molecule has 3 heteroatoms. The van der Waals surface area contributed by atoms with Crippen LogP contribution in [-0.2, 0) is 9.47 Å². The van der Waals surface area contributed by atoms with Crippen molar-refractivity contribution < 1.29 is 14.2 Å². The minimum Gasteiger partial charge on any atom is -0.491 e. The highest BCUT2D eigenvalue weighted by Crippen LogP contribution is 2.35. The van der Waals surface area contributed by atoms with Crippen molar-refractivity contribution in [1.29, 1.82) is 0 Å². The summed E-state index contributed by atoms with van der Waals surface area (Å²) in [6, 6.07) is 16.9. The summed E-state index contributed by atoms with van der Waals surface area (Å²) in [7, 11) is 0. The van der Waals surface area contributed by atoms with Gasteiger partial charge in [0.15, 0.2) is 0 Å². The predicted molar refractivity (Wildman–Crippen MR) is 137 cm³/mol. The van der Waals surface area contributed by atoms with E-state index in [4.69, 9.17) is 14.2 Å². The first-order valence-electron chi connectivity index (χ1n) is 12.3. The first-order chi connectivity index (χ1) is 16.2. The van der Waals surface area contributed by atoms with E-state index in [0.29, 0.717) is 19.1 Å². The first kappa shape index (κ1) is 24.9. The lowest BCUT2D eigenvalue weighted by molar-refractivity contribution is -0.125. The number of hydrogen-bond donors (Lipinski definition) is 0. The quantitative estimate of drug-likeness (QED) is 0.135. The van der Waals surface area contributed by atoms with E-state index in [0.717, 1.165) is 17.9 Å². The molecule has 0 N–H and O–H groups in total. The Balaban J connectivity index is 1.61. The topological polar surface area (TPSA) is 27.7 Å². The van der Waals surface area contributed by atoms with Crippen LogP contribution < -0.4 is 4.74 Å². The zero-order chi connectivity index (χ0) is 23.5. The van der Waals surface area contributed by atoms with Crippen LogP contribution in [0.15, 0.2) is 78.6 Å².